The molecule has 4 rings (SSSR count). The van der Waals surface area contributed by atoms with Crippen molar-refractivity contribution in [3.05, 3.63) is 107 Å². The smallest absolute Gasteiger partial charge is 0.117 e. The molecule has 0 bridgehead atoms. The summed E-state index contributed by atoms with van der Waals surface area (Å²) in [6.45, 7) is 5.17. The lowest BCUT2D eigenvalue weighted by molar-refractivity contribution is -0.0146. The van der Waals surface area contributed by atoms with Crippen LogP contribution in [0.4, 0.5) is 0 Å². The minimum Gasteiger partial charge on any atom is -0.388 e. The molecule has 1 aliphatic rings. The van der Waals surface area contributed by atoms with E-state index < -0.39 is 11.7 Å². The van der Waals surface area contributed by atoms with E-state index in [4.69, 9.17) is 0 Å². The molecule has 3 aromatic carbocycles. The summed E-state index contributed by atoms with van der Waals surface area (Å²) in [7, 11) is 0. The average molecular weight is 472 g/mol. The molecule has 0 amide bonds. The zero-order valence-corrected chi connectivity index (χ0v) is 21.2. The molecule has 3 heteroatoms. The first-order chi connectivity index (χ1) is 17.1. The lowest BCUT2D eigenvalue weighted by Crippen LogP contribution is -2.44. The summed E-state index contributed by atoms with van der Waals surface area (Å²) in [4.78, 5) is 2.49. The Hall–Kier alpha value is -2.46. The normalized spacial score (nSPS) is 16.3. The van der Waals surface area contributed by atoms with Crippen LogP contribution in [0.15, 0.2) is 84.9 Å². The van der Waals surface area contributed by atoms with Crippen molar-refractivity contribution in [1.29, 1.82) is 0 Å². The average Bonchev–Trinajstić information content (AvgIpc) is 2.93. The van der Waals surface area contributed by atoms with Crippen molar-refractivity contribution in [2.75, 3.05) is 19.6 Å². The van der Waals surface area contributed by atoms with Gasteiger partial charge in [-0.05, 0) is 86.3 Å². The van der Waals surface area contributed by atoms with Crippen LogP contribution in [0, 0.1) is 5.92 Å². The highest BCUT2D eigenvalue weighted by Gasteiger charge is 2.41. The Bertz CT molecular complexity index is 955. The molecule has 1 fully saturated rings. The number of piperidine rings is 1. The number of hydrogen-bond acceptors (Lipinski definition) is 3. The summed E-state index contributed by atoms with van der Waals surface area (Å²) >= 11 is 0. The van der Waals surface area contributed by atoms with E-state index in [2.05, 4.69) is 60.4 Å². The van der Waals surface area contributed by atoms with Gasteiger partial charge in [-0.2, -0.15) is 0 Å². The summed E-state index contributed by atoms with van der Waals surface area (Å²) in [5.41, 5.74) is 3.38. The fraction of sp³-hybridized carbons (Fsp3) is 0.438. The molecule has 0 aromatic heterocycles. The number of nitrogens with zero attached hydrogens (tertiary/aromatic N) is 1. The van der Waals surface area contributed by atoms with Crippen LogP contribution < -0.4 is 0 Å². The van der Waals surface area contributed by atoms with E-state index in [1.807, 2.05) is 36.4 Å². The second-order valence-corrected chi connectivity index (χ2v) is 10.1. The fourth-order valence-electron chi connectivity index (χ4n) is 5.56. The molecule has 3 aromatic rings. The van der Waals surface area contributed by atoms with Crippen molar-refractivity contribution in [2.24, 2.45) is 5.92 Å². The first kappa shape index (κ1) is 25.6. The van der Waals surface area contributed by atoms with Gasteiger partial charge in [-0.1, -0.05) is 98.3 Å². The Kier molecular flexibility index (Phi) is 9.14. The Morgan fingerprint density at radius 1 is 0.829 bits per heavy atom. The maximum absolute atomic E-state index is 12.1. The van der Waals surface area contributed by atoms with Gasteiger partial charge in [-0.25, -0.2) is 0 Å². The molecule has 1 saturated heterocycles. The molecule has 1 aliphatic heterocycles. The van der Waals surface area contributed by atoms with Crippen molar-refractivity contribution < 1.29 is 10.2 Å². The largest absolute Gasteiger partial charge is 0.388 e. The third-order valence-corrected chi connectivity index (χ3v) is 7.74. The maximum Gasteiger partial charge on any atom is 0.117 e. The van der Waals surface area contributed by atoms with Crippen LogP contribution >= 0.6 is 0 Å². The second kappa shape index (κ2) is 12.5. The lowest BCUT2D eigenvalue weighted by atomic mass is 9.72. The number of aliphatic hydroxyl groups excluding tert-OH is 1. The number of aryl methyl sites for hydroxylation is 1. The van der Waals surface area contributed by atoms with Gasteiger partial charge < -0.3 is 15.1 Å². The van der Waals surface area contributed by atoms with Crippen LogP contribution in [0.5, 0.6) is 0 Å². The Balaban J connectivity index is 1.29. The highest BCUT2D eigenvalue weighted by atomic mass is 16.3. The molecule has 1 heterocycles. The van der Waals surface area contributed by atoms with Gasteiger partial charge >= 0.3 is 0 Å². The topological polar surface area (TPSA) is 43.7 Å². The fourth-order valence-corrected chi connectivity index (χ4v) is 5.56. The third-order valence-electron chi connectivity index (χ3n) is 7.74. The van der Waals surface area contributed by atoms with Crippen molar-refractivity contribution in [3.8, 4) is 0 Å². The monoisotopic (exact) mass is 471 g/mol. The van der Waals surface area contributed by atoms with Gasteiger partial charge in [-0.15, -0.1) is 0 Å². The number of benzene rings is 3. The molecule has 2 N–H and O–H groups in total. The number of unbranched alkanes of at least 4 members (excludes halogenated alkanes) is 1. The predicted molar refractivity (Wildman–Crippen MR) is 144 cm³/mol. The van der Waals surface area contributed by atoms with Gasteiger partial charge in [0.25, 0.3) is 0 Å². The van der Waals surface area contributed by atoms with Crippen LogP contribution in [0.2, 0.25) is 0 Å². The van der Waals surface area contributed by atoms with Crippen molar-refractivity contribution in [3.63, 3.8) is 0 Å². The Morgan fingerprint density at radius 3 is 1.94 bits per heavy atom. The van der Waals surface area contributed by atoms with E-state index in [0.717, 1.165) is 68.4 Å². The molecular formula is C32H41NO2. The summed E-state index contributed by atoms with van der Waals surface area (Å²) in [6.07, 6.45) is 6.83. The van der Waals surface area contributed by atoms with Crippen LogP contribution in [0.1, 0.15) is 73.8 Å². The standard InChI is InChI=1S/C32H41NO2/c1-2-3-11-26-17-19-27(20-18-26)31(34)16-10-23-33-24-21-30(22-25-33)32(35,28-12-6-4-7-13-28)29-14-8-5-9-15-29/h4-9,12-15,17-20,30-31,34-35H,2-3,10-11,16,21-25H2,1H3. The number of hydrogen-bond donors (Lipinski definition) is 2. The van der Waals surface area contributed by atoms with Crippen LogP contribution in [0.25, 0.3) is 0 Å². The number of aliphatic hydroxyl groups is 2. The van der Waals surface area contributed by atoms with Crippen molar-refractivity contribution in [2.45, 2.75) is 63.6 Å². The van der Waals surface area contributed by atoms with E-state index >= 15 is 0 Å². The van der Waals surface area contributed by atoms with Gasteiger partial charge in [0.05, 0.1) is 6.10 Å². The summed E-state index contributed by atoms with van der Waals surface area (Å²) in [5.74, 6) is 0.181. The van der Waals surface area contributed by atoms with E-state index in [-0.39, 0.29) is 5.92 Å². The van der Waals surface area contributed by atoms with Gasteiger partial charge in [0.2, 0.25) is 0 Å². The molecular weight excluding hydrogens is 430 g/mol. The van der Waals surface area contributed by atoms with E-state index in [1.165, 1.54) is 18.4 Å². The van der Waals surface area contributed by atoms with E-state index in [9.17, 15) is 10.2 Å². The van der Waals surface area contributed by atoms with E-state index in [1.54, 1.807) is 0 Å². The maximum atomic E-state index is 12.1. The molecule has 3 nitrogen and oxygen atoms in total. The molecule has 0 aliphatic carbocycles. The highest BCUT2D eigenvalue weighted by molar-refractivity contribution is 5.37. The van der Waals surface area contributed by atoms with Gasteiger partial charge in [-0.3, -0.25) is 0 Å². The number of rotatable bonds is 11. The first-order valence-corrected chi connectivity index (χ1v) is 13.4. The lowest BCUT2D eigenvalue weighted by Gasteiger charge is -2.42. The van der Waals surface area contributed by atoms with Gasteiger partial charge in [0, 0.05) is 0 Å². The zero-order chi connectivity index (χ0) is 24.5. The van der Waals surface area contributed by atoms with Gasteiger partial charge in [0.1, 0.15) is 5.60 Å². The van der Waals surface area contributed by atoms with Crippen molar-refractivity contribution >= 4 is 0 Å². The van der Waals surface area contributed by atoms with Crippen LogP contribution in [0.3, 0.4) is 0 Å². The van der Waals surface area contributed by atoms with Gasteiger partial charge in [0.15, 0.2) is 0 Å². The minimum atomic E-state index is -0.964. The van der Waals surface area contributed by atoms with Crippen LogP contribution in [-0.4, -0.2) is 34.7 Å². The Morgan fingerprint density at radius 2 is 1.40 bits per heavy atom. The molecule has 1 unspecified atom stereocenters. The SMILES string of the molecule is CCCCc1ccc(C(O)CCCN2CCC(C(O)(c3ccccc3)c3ccccc3)CC2)cc1. The predicted octanol–water partition coefficient (Wildman–Crippen LogP) is 6.49. The zero-order valence-electron chi connectivity index (χ0n) is 21.2. The molecule has 0 saturated carbocycles. The molecule has 0 spiro atoms. The first-order valence-electron chi connectivity index (χ1n) is 13.4. The van der Waals surface area contributed by atoms with E-state index in [0.29, 0.717) is 0 Å². The minimum absolute atomic E-state index is 0.181. The summed E-state index contributed by atoms with van der Waals surface area (Å²) < 4.78 is 0. The molecule has 35 heavy (non-hydrogen) atoms. The van der Waals surface area contributed by atoms with Crippen LogP contribution in [-0.2, 0) is 12.0 Å². The number of likely N-dealkylation sites (tertiary alicyclic amines) is 1. The second-order valence-electron chi connectivity index (χ2n) is 10.1. The quantitative estimate of drug-likeness (QED) is 0.336. The van der Waals surface area contributed by atoms with Crippen molar-refractivity contribution in [1.82, 2.24) is 4.90 Å². The molecule has 0 radical (unpaired) electrons. The third kappa shape index (κ3) is 6.41. The summed E-state index contributed by atoms with van der Waals surface area (Å²) in [5, 5.41) is 22.7. The molecule has 186 valence electrons. The molecule has 1 atom stereocenters. The summed E-state index contributed by atoms with van der Waals surface area (Å²) in [6, 6.07) is 28.8. The highest BCUT2D eigenvalue weighted by Crippen LogP contribution is 2.41. The Labute approximate surface area is 211 Å².